The van der Waals surface area contributed by atoms with Crippen molar-refractivity contribution in [2.45, 2.75) is 20.0 Å². The van der Waals surface area contributed by atoms with Crippen LogP contribution in [-0.2, 0) is 13.1 Å². The van der Waals surface area contributed by atoms with Crippen molar-refractivity contribution in [2.75, 3.05) is 21.3 Å². The summed E-state index contributed by atoms with van der Waals surface area (Å²) in [6.07, 6.45) is 0. The summed E-state index contributed by atoms with van der Waals surface area (Å²) in [6, 6.07) is 11.7. The Morgan fingerprint density at radius 2 is 1.72 bits per heavy atom. The van der Waals surface area contributed by atoms with Gasteiger partial charge in [0.05, 0.1) is 27.9 Å². The van der Waals surface area contributed by atoms with Gasteiger partial charge in [-0.05, 0) is 47.9 Å². The lowest BCUT2D eigenvalue weighted by Crippen LogP contribution is -2.31. The van der Waals surface area contributed by atoms with Crippen LogP contribution in [0.5, 0.6) is 17.2 Å². The lowest BCUT2D eigenvalue weighted by Gasteiger charge is -2.11. The molecule has 0 aliphatic carbocycles. The highest BCUT2D eigenvalue weighted by Gasteiger charge is 2.05. The van der Waals surface area contributed by atoms with Crippen molar-refractivity contribution < 1.29 is 14.2 Å². The molecule has 0 saturated heterocycles. The van der Waals surface area contributed by atoms with Crippen molar-refractivity contribution in [2.24, 2.45) is 10.7 Å². The number of aliphatic imine (C=N–C) groups is 1. The Bertz CT molecular complexity index is 745. The van der Waals surface area contributed by atoms with Crippen LogP contribution in [0.4, 0.5) is 0 Å². The molecule has 0 aliphatic rings. The first-order valence-electron chi connectivity index (χ1n) is 7.95. The minimum absolute atomic E-state index is 0.384. The quantitative estimate of drug-likeness (QED) is 0.597. The van der Waals surface area contributed by atoms with Crippen LogP contribution in [0.3, 0.4) is 0 Å². The molecular weight excluding hydrogens is 318 g/mol. The smallest absolute Gasteiger partial charge is 0.189 e. The van der Waals surface area contributed by atoms with Gasteiger partial charge in [0.2, 0.25) is 0 Å². The van der Waals surface area contributed by atoms with Gasteiger partial charge in [0.1, 0.15) is 5.75 Å². The van der Waals surface area contributed by atoms with Crippen molar-refractivity contribution in [3.8, 4) is 17.2 Å². The number of benzene rings is 2. The predicted molar refractivity (Wildman–Crippen MR) is 99.4 cm³/mol. The van der Waals surface area contributed by atoms with Crippen LogP contribution >= 0.6 is 0 Å². The molecule has 0 radical (unpaired) electrons. The molecule has 134 valence electrons. The molecule has 0 aliphatic heterocycles. The van der Waals surface area contributed by atoms with Gasteiger partial charge in [-0.1, -0.05) is 12.1 Å². The summed E-state index contributed by atoms with van der Waals surface area (Å²) in [5, 5.41) is 3.10. The standard InChI is InChI=1S/C19H25N3O3/c1-13-7-15(9-16(8-13)23-2)12-22-19(20)21-11-14-5-6-17(24-3)18(10-14)25-4/h5-10H,11-12H2,1-4H3,(H3,20,21,22). The van der Waals surface area contributed by atoms with Gasteiger partial charge in [-0.3, -0.25) is 0 Å². The monoisotopic (exact) mass is 343 g/mol. The van der Waals surface area contributed by atoms with Gasteiger partial charge in [-0.15, -0.1) is 0 Å². The van der Waals surface area contributed by atoms with E-state index in [2.05, 4.69) is 16.4 Å². The van der Waals surface area contributed by atoms with E-state index < -0.39 is 0 Å². The number of aryl methyl sites for hydroxylation is 1. The van der Waals surface area contributed by atoms with Gasteiger partial charge in [-0.25, -0.2) is 4.99 Å². The van der Waals surface area contributed by atoms with Gasteiger partial charge in [0, 0.05) is 6.54 Å². The third kappa shape index (κ3) is 5.31. The van der Waals surface area contributed by atoms with Crippen LogP contribution in [-0.4, -0.2) is 27.3 Å². The summed E-state index contributed by atoms with van der Waals surface area (Å²) in [6.45, 7) is 3.06. The summed E-state index contributed by atoms with van der Waals surface area (Å²) >= 11 is 0. The predicted octanol–water partition coefficient (Wildman–Crippen LogP) is 2.63. The van der Waals surface area contributed by atoms with Crippen LogP contribution in [0.15, 0.2) is 41.4 Å². The first-order chi connectivity index (χ1) is 12.0. The molecule has 0 heterocycles. The van der Waals surface area contributed by atoms with Crippen molar-refractivity contribution in [1.29, 1.82) is 0 Å². The molecule has 0 amide bonds. The molecule has 6 heteroatoms. The number of nitrogens with zero attached hydrogens (tertiary/aromatic N) is 1. The molecule has 0 bridgehead atoms. The zero-order valence-electron chi connectivity index (χ0n) is 15.1. The van der Waals surface area contributed by atoms with Crippen LogP contribution in [0.2, 0.25) is 0 Å². The number of methoxy groups -OCH3 is 3. The molecule has 0 aromatic heterocycles. The normalized spacial score (nSPS) is 11.1. The molecule has 6 nitrogen and oxygen atoms in total. The molecule has 3 N–H and O–H groups in total. The Morgan fingerprint density at radius 1 is 0.960 bits per heavy atom. The maximum atomic E-state index is 5.96. The molecule has 0 saturated carbocycles. The van der Waals surface area contributed by atoms with Gasteiger partial charge in [-0.2, -0.15) is 0 Å². The number of guanidine groups is 1. The van der Waals surface area contributed by atoms with Crippen molar-refractivity contribution in [3.63, 3.8) is 0 Å². The summed E-state index contributed by atoms with van der Waals surface area (Å²) in [7, 11) is 4.88. The Labute approximate surface area is 148 Å². The number of nitrogens with two attached hydrogens (primary N) is 1. The maximum absolute atomic E-state index is 5.96. The van der Waals surface area contributed by atoms with E-state index in [-0.39, 0.29) is 0 Å². The fourth-order valence-corrected chi connectivity index (χ4v) is 2.45. The van der Waals surface area contributed by atoms with Gasteiger partial charge in [0.25, 0.3) is 0 Å². The van der Waals surface area contributed by atoms with E-state index in [0.717, 1.165) is 22.4 Å². The van der Waals surface area contributed by atoms with Crippen molar-refractivity contribution in [3.05, 3.63) is 53.1 Å². The highest BCUT2D eigenvalue weighted by atomic mass is 16.5. The van der Waals surface area contributed by atoms with Gasteiger partial charge in [0.15, 0.2) is 17.5 Å². The van der Waals surface area contributed by atoms with Crippen LogP contribution in [0.25, 0.3) is 0 Å². The Hall–Kier alpha value is -2.89. The zero-order chi connectivity index (χ0) is 18.2. The molecule has 25 heavy (non-hydrogen) atoms. The summed E-state index contributed by atoms with van der Waals surface area (Å²) in [5.74, 6) is 2.59. The third-order valence-corrected chi connectivity index (χ3v) is 3.70. The number of rotatable bonds is 7. The largest absolute Gasteiger partial charge is 0.497 e. The number of hydrogen-bond donors (Lipinski definition) is 2. The van der Waals surface area contributed by atoms with E-state index in [9.17, 15) is 0 Å². The maximum Gasteiger partial charge on any atom is 0.189 e. The fourth-order valence-electron chi connectivity index (χ4n) is 2.45. The molecule has 0 unspecified atom stereocenters. The first-order valence-corrected chi connectivity index (χ1v) is 7.95. The second kappa shape index (κ2) is 8.82. The fraction of sp³-hybridized carbons (Fsp3) is 0.316. The van der Waals surface area contributed by atoms with E-state index >= 15 is 0 Å². The second-order valence-corrected chi connectivity index (χ2v) is 5.60. The van der Waals surface area contributed by atoms with Gasteiger partial charge < -0.3 is 25.3 Å². The molecule has 2 rings (SSSR count). The first kappa shape index (κ1) is 18.4. The Morgan fingerprint density at radius 3 is 2.40 bits per heavy atom. The number of hydrogen-bond acceptors (Lipinski definition) is 4. The van der Waals surface area contributed by atoms with Crippen molar-refractivity contribution in [1.82, 2.24) is 5.32 Å². The average molecular weight is 343 g/mol. The number of nitrogens with one attached hydrogen (secondary N) is 1. The van der Waals surface area contributed by atoms with E-state index in [1.54, 1.807) is 21.3 Å². The Balaban J connectivity index is 1.97. The SMILES string of the molecule is COc1cc(C)cc(CN=C(N)NCc2ccc(OC)c(OC)c2)c1. The lowest BCUT2D eigenvalue weighted by atomic mass is 10.1. The molecule has 0 atom stereocenters. The average Bonchev–Trinajstić information content (AvgIpc) is 2.63. The molecule has 0 spiro atoms. The summed E-state index contributed by atoms with van der Waals surface area (Å²) in [4.78, 5) is 4.37. The van der Waals surface area contributed by atoms with Crippen LogP contribution in [0.1, 0.15) is 16.7 Å². The highest BCUT2D eigenvalue weighted by Crippen LogP contribution is 2.27. The molecule has 2 aromatic rings. The summed E-state index contributed by atoms with van der Waals surface area (Å²) < 4.78 is 15.8. The minimum atomic E-state index is 0.384. The van der Waals surface area contributed by atoms with Crippen LogP contribution in [0, 0.1) is 6.92 Å². The molecule has 0 fully saturated rings. The Kier molecular flexibility index (Phi) is 6.51. The van der Waals surface area contributed by atoms with Crippen molar-refractivity contribution >= 4 is 5.96 Å². The van der Waals surface area contributed by atoms with E-state index in [1.165, 1.54) is 0 Å². The lowest BCUT2D eigenvalue weighted by molar-refractivity contribution is 0.354. The van der Waals surface area contributed by atoms with Gasteiger partial charge >= 0.3 is 0 Å². The second-order valence-electron chi connectivity index (χ2n) is 5.60. The minimum Gasteiger partial charge on any atom is -0.497 e. The highest BCUT2D eigenvalue weighted by molar-refractivity contribution is 5.77. The third-order valence-electron chi connectivity index (χ3n) is 3.70. The topological polar surface area (TPSA) is 78.1 Å². The molecule has 2 aromatic carbocycles. The number of ether oxygens (including phenoxy) is 3. The van der Waals surface area contributed by atoms with Crippen LogP contribution < -0.4 is 25.3 Å². The molecular formula is C19H25N3O3. The van der Waals surface area contributed by atoms with E-state index in [1.807, 2.05) is 37.3 Å². The van der Waals surface area contributed by atoms with E-state index in [4.69, 9.17) is 19.9 Å². The summed E-state index contributed by atoms with van der Waals surface area (Å²) in [5.41, 5.74) is 9.15. The zero-order valence-corrected chi connectivity index (χ0v) is 15.1. The van der Waals surface area contributed by atoms with E-state index in [0.29, 0.717) is 30.5 Å².